The highest BCUT2D eigenvalue weighted by atomic mass is 16.5. The van der Waals surface area contributed by atoms with Gasteiger partial charge in [-0.2, -0.15) is 0 Å². The molecule has 0 saturated carbocycles. The number of nitrogens with zero attached hydrogens (tertiary/aromatic N) is 1. The highest BCUT2D eigenvalue weighted by Crippen LogP contribution is 2.21. The van der Waals surface area contributed by atoms with E-state index in [1.165, 1.54) is 5.69 Å². The molecule has 2 atom stereocenters. The summed E-state index contributed by atoms with van der Waals surface area (Å²) in [6.07, 6.45) is 0.902. The minimum atomic E-state index is -0.444. The number of hydrogen-bond acceptors (Lipinski definition) is 4. The van der Waals surface area contributed by atoms with Gasteiger partial charge in [-0.15, -0.1) is 0 Å². The zero-order valence-corrected chi connectivity index (χ0v) is 13.5. The van der Waals surface area contributed by atoms with Crippen LogP contribution < -0.4 is 16.0 Å². The first kappa shape index (κ1) is 16.8. The molecule has 3 N–H and O–H groups in total. The molecule has 0 aliphatic carbocycles. The van der Waals surface area contributed by atoms with Crippen LogP contribution in [0, 0.1) is 5.92 Å². The SMILES string of the molecule is CCC(C)C(N)C(=O)NCc1ccccc1N1CCOCC1. The van der Waals surface area contributed by atoms with E-state index in [-0.39, 0.29) is 11.8 Å². The van der Waals surface area contributed by atoms with Crippen LogP contribution in [0.4, 0.5) is 5.69 Å². The van der Waals surface area contributed by atoms with Gasteiger partial charge in [0.15, 0.2) is 0 Å². The number of amides is 1. The maximum atomic E-state index is 12.1. The van der Waals surface area contributed by atoms with Crippen LogP contribution in [0.3, 0.4) is 0 Å². The second-order valence-corrected chi connectivity index (χ2v) is 5.86. The van der Waals surface area contributed by atoms with Gasteiger partial charge in [0.1, 0.15) is 0 Å². The number of hydrogen-bond donors (Lipinski definition) is 2. The van der Waals surface area contributed by atoms with Crippen molar-refractivity contribution in [2.24, 2.45) is 11.7 Å². The third kappa shape index (κ3) is 4.21. The standard InChI is InChI=1S/C17H27N3O2/c1-3-13(2)16(18)17(21)19-12-14-6-4-5-7-15(14)20-8-10-22-11-9-20/h4-7,13,16H,3,8-12,18H2,1-2H3,(H,19,21). The van der Waals surface area contributed by atoms with Gasteiger partial charge in [0.25, 0.3) is 0 Å². The molecule has 1 aromatic rings. The zero-order valence-electron chi connectivity index (χ0n) is 13.5. The minimum absolute atomic E-state index is 0.0777. The minimum Gasteiger partial charge on any atom is -0.378 e. The van der Waals surface area contributed by atoms with Crippen molar-refractivity contribution >= 4 is 11.6 Å². The lowest BCUT2D eigenvalue weighted by Crippen LogP contribution is -2.44. The van der Waals surface area contributed by atoms with E-state index in [9.17, 15) is 4.79 Å². The summed E-state index contributed by atoms with van der Waals surface area (Å²) in [5.74, 6) is 0.112. The number of anilines is 1. The lowest BCUT2D eigenvalue weighted by molar-refractivity contribution is -0.123. The molecule has 1 fully saturated rings. The average Bonchev–Trinajstić information content (AvgIpc) is 2.59. The average molecular weight is 305 g/mol. The number of nitrogens with two attached hydrogens (primary N) is 1. The normalized spacial score (nSPS) is 17.9. The van der Waals surface area contributed by atoms with E-state index in [1.54, 1.807) is 0 Å². The number of morpholine rings is 1. The molecule has 1 amide bonds. The fourth-order valence-electron chi connectivity index (χ4n) is 2.59. The third-order valence-corrected chi connectivity index (χ3v) is 4.36. The summed E-state index contributed by atoms with van der Waals surface area (Å²) in [6, 6.07) is 7.74. The molecular weight excluding hydrogens is 278 g/mol. The van der Waals surface area contributed by atoms with Crippen LogP contribution in [-0.2, 0) is 16.1 Å². The van der Waals surface area contributed by atoms with Crippen LogP contribution in [0.2, 0.25) is 0 Å². The summed E-state index contributed by atoms with van der Waals surface area (Å²) in [5.41, 5.74) is 8.27. The molecule has 1 aliphatic heterocycles. The molecule has 5 nitrogen and oxygen atoms in total. The van der Waals surface area contributed by atoms with Gasteiger partial charge in [-0.25, -0.2) is 0 Å². The Labute approximate surface area is 132 Å². The maximum Gasteiger partial charge on any atom is 0.237 e. The van der Waals surface area contributed by atoms with Crippen molar-refractivity contribution in [1.82, 2.24) is 5.32 Å². The maximum absolute atomic E-state index is 12.1. The van der Waals surface area contributed by atoms with E-state index in [2.05, 4.69) is 22.3 Å². The van der Waals surface area contributed by atoms with Crippen molar-refractivity contribution in [1.29, 1.82) is 0 Å². The molecule has 0 spiro atoms. The molecule has 22 heavy (non-hydrogen) atoms. The summed E-state index contributed by atoms with van der Waals surface area (Å²) in [7, 11) is 0. The molecule has 1 aliphatic rings. The van der Waals surface area contributed by atoms with Crippen LogP contribution in [0.1, 0.15) is 25.8 Å². The summed E-state index contributed by atoms with van der Waals surface area (Å²) < 4.78 is 5.40. The number of ether oxygens (including phenoxy) is 1. The van der Waals surface area contributed by atoms with Crippen molar-refractivity contribution < 1.29 is 9.53 Å². The quantitative estimate of drug-likeness (QED) is 0.836. The Balaban J connectivity index is 1.99. The molecular formula is C17H27N3O2. The van der Waals surface area contributed by atoms with Crippen LogP contribution >= 0.6 is 0 Å². The Morgan fingerprint density at radius 3 is 2.73 bits per heavy atom. The first-order valence-electron chi connectivity index (χ1n) is 8.07. The number of carbonyl (C=O) groups excluding carboxylic acids is 1. The van der Waals surface area contributed by atoms with Crippen molar-refractivity contribution in [3.63, 3.8) is 0 Å². The first-order valence-corrected chi connectivity index (χ1v) is 8.07. The van der Waals surface area contributed by atoms with E-state index in [0.717, 1.165) is 38.3 Å². The molecule has 1 aromatic carbocycles. The topological polar surface area (TPSA) is 67.6 Å². The van der Waals surface area contributed by atoms with Crippen LogP contribution in [0.15, 0.2) is 24.3 Å². The fraction of sp³-hybridized carbons (Fsp3) is 0.588. The van der Waals surface area contributed by atoms with E-state index in [1.807, 2.05) is 26.0 Å². The van der Waals surface area contributed by atoms with Gasteiger partial charge in [0.05, 0.1) is 19.3 Å². The zero-order chi connectivity index (χ0) is 15.9. The first-order chi connectivity index (χ1) is 10.6. The Morgan fingerprint density at radius 1 is 1.36 bits per heavy atom. The molecule has 1 saturated heterocycles. The van der Waals surface area contributed by atoms with Crippen molar-refractivity contribution in [3.8, 4) is 0 Å². The number of rotatable bonds is 6. The highest BCUT2D eigenvalue weighted by Gasteiger charge is 2.20. The van der Waals surface area contributed by atoms with Crippen LogP contribution in [0.25, 0.3) is 0 Å². The lowest BCUT2D eigenvalue weighted by Gasteiger charge is -2.30. The van der Waals surface area contributed by atoms with Crippen LogP contribution in [0.5, 0.6) is 0 Å². The largest absolute Gasteiger partial charge is 0.378 e. The van der Waals surface area contributed by atoms with E-state index in [0.29, 0.717) is 6.54 Å². The number of nitrogens with one attached hydrogen (secondary N) is 1. The van der Waals surface area contributed by atoms with E-state index in [4.69, 9.17) is 10.5 Å². The Bertz CT molecular complexity index is 487. The number of carbonyl (C=O) groups is 1. The molecule has 5 heteroatoms. The van der Waals surface area contributed by atoms with Gasteiger partial charge in [-0.1, -0.05) is 38.5 Å². The molecule has 2 rings (SSSR count). The van der Waals surface area contributed by atoms with Gasteiger partial charge >= 0.3 is 0 Å². The highest BCUT2D eigenvalue weighted by molar-refractivity contribution is 5.81. The van der Waals surface area contributed by atoms with Crippen LogP contribution in [-0.4, -0.2) is 38.3 Å². The molecule has 0 bridgehead atoms. The van der Waals surface area contributed by atoms with Crippen molar-refractivity contribution in [3.05, 3.63) is 29.8 Å². The predicted octanol–water partition coefficient (Wildman–Crippen LogP) is 1.51. The van der Waals surface area contributed by atoms with Gasteiger partial charge in [0, 0.05) is 25.3 Å². The monoisotopic (exact) mass is 305 g/mol. The van der Waals surface area contributed by atoms with Crippen molar-refractivity contribution in [2.45, 2.75) is 32.9 Å². The van der Waals surface area contributed by atoms with E-state index < -0.39 is 6.04 Å². The van der Waals surface area contributed by atoms with Gasteiger partial charge < -0.3 is 20.7 Å². The Kier molecular flexibility index (Phi) is 6.21. The van der Waals surface area contributed by atoms with Gasteiger partial charge in [-0.05, 0) is 17.5 Å². The summed E-state index contributed by atoms with van der Waals surface area (Å²) in [5, 5.41) is 2.97. The molecule has 0 radical (unpaired) electrons. The third-order valence-electron chi connectivity index (χ3n) is 4.36. The summed E-state index contributed by atoms with van der Waals surface area (Å²) >= 11 is 0. The van der Waals surface area contributed by atoms with Crippen molar-refractivity contribution in [2.75, 3.05) is 31.2 Å². The van der Waals surface area contributed by atoms with E-state index >= 15 is 0 Å². The second kappa shape index (κ2) is 8.15. The summed E-state index contributed by atoms with van der Waals surface area (Å²) in [4.78, 5) is 14.4. The fourth-order valence-corrected chi connectivity index (χ4v) is 2.59. The Hall–Kier alpha value is -1.59. The second-order valence-electron chi connectivity index (χ2n) is 5.86. The van der Waals surface area contributed by atoms with Gasteiger partial charge in [0.2, 0.25) is 5.91 Å². The summed E-state index contributed by atoms with van der Waals surface area (Å²) in [6.45, 7) is 7.84. The predicted molar refractivity (Wildman–Crippen MR) is 88.8 cm³/mol. The molecule has 1 heterocycles. The lowest BCUT2D eigenvalue weighted by atomic mass is 9.99. The number of benzene rings is 1. The molecule has 0 aromatic heterocycles. The molecule has 2 unspecified atom stereocenters. The smallest absolute Gasteiger partial charge is 0.237 e. The molecule has 122 valence electrons. The Morgan fingerprint density at radius 2 is 2.05 bits per heavy atom. The van der Waals surface area contributed by atoms with Gasteiger partial charge in [-0.3, -0.25) is 4.79 Å². The number of para-hydroxylation sites is 1.